The normalized spacial score (nSPS) is 12.9. The van der Waals surface area contributed by atoms with Crippen molar-refractivity contribution in [1.82, 2.24) is 5.32 Å². The second kappa shape index (κ2) is 8.22. The van der Waals surface area contributed by atoms with Crippen molar-refractivity contribution in [1.29, 1.82) is 0 Å². The molecule has 102 valence electrons. The molecule has 1 aromatic rings. The maximum Gasteiger partial charge on any atom is 0.123 e. The smallest absolute Gasteiger partial charge is 0.123 e. The fourth-order valence-electron chi connectivity index (χ4n) is 1.95. The topological polar surface area (TPSA) is 21.3 Å². The van der Waals surface area contributed by atoms with Gasteiger partial charge in [0.25, 0.3) is 0 Å². The van der Waals surface area contributed by atoms with Gasteiger partial charge in [-0.3, -0.25) is 0 Å². The van der Waals surface area contributed by atoms with Gasteiger partial charge in [-0.2, -0.15) is 0 Å². The largest absolute Gasteiger partial charge is 0.385 e. The van der Waals surface area contributed by atoms with Crippen LogP contribution >= 0.6 is 0 Å². The molecule has 0 aromatic heterocycles. The lowest BCUT2D eigenvalue weighted by molar-refractivity contribution is 0.187. The van der Waals surface area contributed by atoms with Crippen LogP contribution in [0.2, 0.25) is 0 Å². The number of hydrogen-bond donors (Lipinski definition) is 1. The molecule has 0 spiro atoms. The van der Waals surface area contributed by atoms with Gasteiger partial charge in [-0.25, -0.2) is 4.39 Å². The number of halogens is 1. The Kier molecular flexibility index (Phi) is 6.91. The zero-order valence-electron chi connectivity index (χ0n) is 11.6. The van der Waals surface area contributed by atoms with Crippen LogP contribution in [0.25, 0.3) is 0 Å². The van der Waals surface area contributed by atoms with Crippen LogP contribution in [-0.2, 0) is 4.74 Å². The maximum atomic E-state index is 13.2. The molecule has 1 aromatic carbocycles. The van der Waals surface area contributed by atoms with Gasteiger partial charge in [-0.15, -0.1) is 0 Å². The number of hydrogen-bond acceptors (Lipinski definition) is 2. The summed E-state index contributed by atoms with van der Waals surface area (Å²) in [5.41, 5.74) is 1.04. The van der Waals surface area contributed by atoms with E-state index in [0.29, 0.717) is 18.4 Å². The fourth-order valence-corrected chi connectivity index (χ4v) is 1.95. The molecular formula is C15H24FNO. The molecule has 0 fully saturated rings. The minimum Gasteiger partial charge on any atom is -0.385 e. The maximum absolute atomic E-state index is 13.2. The lowest BCUT2D eigenvalue weighted by Crippen LogP contribution is -2.26. The predicted molar refractivity (Wildman–Crippen MR) is 73.3 cm³/mol. The van der Waals surface area contributed by atoms with Gasteiger partial charge in [0.05, 0.1) is 0 Å². The van der Waals surface area contributed by atoms with Crippen molar-refractivity contribution in [2.24, 2.45) is 5.92 Å². The highest BCUT2D eigenvalue weighted by Gasteiger charge is 2.12. The molecule has 0 aliphatic heterocycles. The highest BCUT2D eigenvalue weighted by Crippen LogP contribution is 2.20. The van der Waals surface area contributed by atoms with E-state index in [1.54, 1.807) is 19.2 Å². The summed E-state index contributed by atoms with van der Waals surface area (Å²) in [6.45, 7) is 6.91. The van der Waals surface area contributed by atoms with E-state index in [0.717, 1.165) is 25.1 Å². The number of rotatable bonds is 8. The van der Waals surface area contributed by atoms with Crippen molar-refractivity contribution < 1.29 is 9.13 Å². The van der Waals surface area contributed by atoms with E-state index >= 15 is 0 Å². The first-order valence-corrected chi connectivity index (χ1v) is 6.58. The first-order valence-electron chi connectivity index (χ1n) is 6.58. The monoisotopic (exact) mass is 253 g/mol. The van der Waals surface area contributed by atoms with Gasteiger partial charge in [0.15, 0.2) is 0 Å². The summed E-state index contributed by atoms with van der Waals surface area (Å²) in [4.78, 5) is 0. The molecule has 0 aliphatic rings. The van der Waals surface area contributed by atoms with Gasteiger partial charge in [0.2, 0.25) is 0 Å². The van der Waals surface area contributed by atoms with E-state index in [4.69, 9.17) is 4.74 Å². The van der Waals surface area contributed by atoms with Crippen LogP contribution in [0.4, 0.5) is 4.39 Å². The van der Waals surface area contributed by atoms with Gasteiger partial charge < -0.3 is 10.1 Å². The number of ether oxygens (including phenoxy) is 1. The van der Waals surface area contributed by atoms with Crippen LogP contribution in [0, 0.1) is 11.7 Å². The molecule has 0 heterocycles. The zero-order valence-corrected chi connectivity index (χ0v) is 11.6. The van der Waals surface area contributed by atoms with Gasteiger partial charge in [0.1, 0.15) is 5.82 Å². The molecule has 1 rings (SSSR count). The summed E-state index contributed by atoms with van der Waals surface area (Å²) in [5.74, 6) is 0.763. The van der Waals surface area contributed by atoms with E-state index in [1.165, 1.54) is 6.07 Å². The Hall–Kier alpha value is -0.930. The van der Waals surface area contributed by atoms with E-state index in [2.05, 4.69) is 19.2 Å². The van der Waals surface area contributed by atoms with Crippen molar-refractivity contribution in [3.8, 4) is 0 Å². The Morgan fingerprint density at radius 3 is 2.67 bits per heavy atom. The quantitative estimate of drug-likeness (QED) is 0.768. The Morgan fingerprint density at radius 2 is 2.06 bits per heavy atom. The molecule has 3 heteroatoms. The van der Waals surface area contributed by atoms with Gasteiger partial charge in [0, 0.05) is 20.3 Å². The van der Waals surface area contributed by atoms with Crippen LogP contribution in [0.3, 0.4) is 0 Å². The Morgan fingerprint density at radius 1 is 1.28 bits per heavy atom. The molecule has 2 nitrogen and oxygen atoms in total. The molecule has 1 N–H and O–H groups in total. The predicted octanol–water partition coefficient (Wildman–Crippen LogP) is 3.19. The van der Waals surface area contributed by atoms with Crippen LogP contribution in [0.1, 0.15) is 31.7 Å². The highest BCUT2D eigenvalue weighted by molar-refractivity contribution is 5.21. The summed E-state index contributed by atoms with van der Waals surface area (Å²) in [6.07, 6.45) is 0.908. The van der Waals surface area contributed by atoms with E-state index in [-0.39, 0.29) is 5.82 Å². The zero-order chi connectivity index (χ0) is 13.4. The number of methoxy groups -OCH3 is 1. The fraction of sp³-hybridized carbons (Fsp3) is 0.600. The van der Waals surface area contributed by atoms with Crippen molar-refractivity contribution in [2.45, 2.75) is 26.2 Å². The van der Waals surface area contributed by atoms with Crippen LogP contribution < -0.4 is 5.32 Å². The molecule has 1 unspecified atom stereocenters. The minimum atomic E-state index is -0.168. The first kappa shape index (κ1) is 15.1. The lowest BCUT2D eigenvalue weighted by Gasteiger charge is -2.18. The van der Waals surface area contributed by atoms with E-state index in [1.807, 2.05) is 6.07 Å². The van der Waals surface area contributed by atoms with Gasteiger partial charge in [-0.05, 0) is 42.5 Å². The minimum absolute atomic E-state index is 0.168. The summed E-state index contributed by atoms with van der Waals surface area (Å²) in [7, 11) is 1.70. The van der Waals surface area contributed by atoms with E-state index < -0.39 is 0 Å². The number of nitrogens with one attached hydrogen (secondary N) is 1. The average Bonchev–Trinajstić information content (AvgIpc) is 2.33. The van der Waals surface area contributed by atoms with Gasteiger partial charge in [-0.1, -0.05) is 26.0 Å². The Labute approximate surface area is 110 Å². The summed E-state index contributed by atoms with van der Waals surface area (Å²) in [5, 5.41) is 3.43. The van der Waals surface area contributed by atoms with Crippen LogP contribution in [0.15, 0.2) is 24.3 Å². The van der Waals surface area contributed by atoms with Crippen molar-refractivity contribution >= 4 is 0 Å². The molecule has 0 bridgehead atoms. The summed E-state index contributed by atoms with van der Waals surface area (Å²) < 4.78 is 18.4. The molecular weight excluding hydrogens is 229 g/mol. The lowest BCUT2D eigenvalue weighted by atomic mass is 9.95. The highest BCUT2D eigenvalue weighted by atomic mass is 19.1. The third kappa shape index (κ3) is 5.61. The molecule has 1 atom stereocenters. The van der Waals surface area contributed by atoms with Crippen LogP contribution in [0.5, 0.6) is 0 Å². The summed E-state index contributed by atoms with van der Waals surface area (Å²) in [6, 6.07) is 6.86. The van der Waals surface area contributed by atoms with Crippen molar-refractivity contribution in [3.05, 3.63) is 35.6 Å². The SMILES string of the molecule is COCCC(CNCC(C)C)c1cccc(F)c1. The molecule has 0 saturated carbocycles. The molecule has 0 saturated heterocycles. The molecule has 0 aliphatic carbocycles. The number of benzene rings is 1. The third-order valence-corrected chi connectivity index (χ3v) is 2.93. The van der Waals surface area contributed by atoms with Crippen molar-refractivity contribution in [3.63, 3.8) is 0 Å². The van der Waals surface area contributed by atoms with Crippen LogP contribution in [-0.4, -0.2) is 26.8 Å². The van der Waals surface area contributed by atoms with Crippen molar-refractivity contribution in [2.75, 3.05) is 26.8 Å². The second-order valence-corrected chi connectivity index (χ2v) is 5.09. The standard InChI is InChI=1S/C15H24FNO/c1-12(2)10-17-11-14(7-8-18-3)13-5-4-6-15(16)9-13/h4-6,9,12,14,17H,7-8,10-11H2,1-3H3. The Bertz CT molecular complexity index is 341. The molecule has 0 radical (unpaired) electrons. The van der Waals surface area contributed by atoms with E-state index in [9.17, 15) is 4.39 Å². The third-order valence-electron chi connectivity index (χ3n) is 2.93. The molecule has 0 amide bonds. The van der Waals surface area contributed by atoms with Gasteiger partial charge >= 0.3 is 0 Å². The summed E-state index contributed by atoms with van der Waals surface area (Å²) >= 11 is 0. The average molecular weight is 253 g/mol. The second-order valence-electron chi connectivity index (χ2n) is 5.09. The Balaban J connectivity index is 2.59. The molecule has 18 heavy (non-hydrogen) atoms. The first-order chi connectivity index (χ1) is 8.63.